The normalized spacial score (nSPS) is 11.5. The van der Waals surface area contributed by atoms with Crippen molar-refractivity contribution in [3.05, 3.63) is 52.5 Å². The molecule has 0 aliphatic rings. The Kier molecular flexibility index (Phi) is 6.12. The van der Waals surface area contributed by atoms with E-state index in [4.69, 9.17) is 16.0 Å². The van der Waals surface area contributed by atoms with Crippen molar-refractivity contribution in [3.8, 4) is 0 Å². The molecule has 0 aliphatic carbocycles. The molecule has 27 heavy (non-hydrogen) atoms. The van der Waals surface area contributed by atoms with Crippen molar-refractivity contribution in [3.63, 3.8) is 0 Å². The molecule has 1 aromatic heterocycles. The molecule has 0 unspecified atom stereocenters. The molecule has 2 aromatic carbocycles. The van der Waals surface area contributed by atoms with E-state index in [9.17, 15) is 4.79 Å². The second-order valence-electron chi connectivity index (χ2n) is 7.05. The number of hydrogen-bond donors (Lipinski definition) is 1. The topological polar surface area (TPSA) is 55.1 Å². The van der Waals surface area contributed by atoms with Gasteiger partial charge in [0.1, 0.15) is 5.52 Å². The molecule has 0 saturated heterocycles. The van der Waals surface area contributed by atoms with Crippen LogP contribution in [0, 0.1) is 0 Å². The summed E-state index contributed by atoms with van der Waals surface area (Å²) in [5.41, 5.74) is 4.58. The number of thioether (sulfide) groups is 1. The van der Waals surface area contributed by atoms with Crippen molar-refractivity contribution in [2.75, 3.05) is 11.1 Å². The number of rotatable bonds is 6. The molecule has 4 nitrogen and oxygen atoms in total. The summed E-state index contributed by atoms with van der Waals surface area (Å²) in [6.07, 6.45) is 0. The van der Waals surface area contributed by atoms with Crippen LogP contribution in [-0.2, 0) is 4.79 Å². The van der Waals surface area contributed by atoms with Crippen LogP contribution in [0.2, 0.25) is 5.02 Å². The number of nitrogens with one attached hydrogen (secondary N) is 1. The number of fused-ring (bicyclic) bond motifs is 1. The first-order valence-corrected chi connectivity index (χ1v) is 10.3. The van der Waals surface area contributed by atoms with E-state index in [2.05, 4.69) is 56.2 Å². The number of halogens is 1. The molecular formula is C21H23ClN2O2S. The number of aromatic nitrogens is 1. The standard InChI is InChI=1S/C21H23ClN2O2S/c1-12(2)15-6-5-7-16(13(3)4)20(15)24-19(25)11-27-21-23-17-9-8-14(22)10-18(17)26-21/h5-10,12-13H,11H2,1-4H3,(H,24,25). The predicted octanol–water partition coefficient (Wildman–Crippen LogP) is 6.46. The van der Waals surface area contributed by atoms with Crippen molar-refractivity contribution in [2.24, 2.45) is 0 Å². The quantitative estimate of drug-likeness (QED) is 0.480. The van der Waals surface area contributed by atoms with Gasteiger partial charge in [0.25, 0.3) is 5.22 Å². The highest BCUT2D eigenvalue weighted by molar-refractivity contribution is 7.99. The Hall–Kier alpha value is -1.98. The van der Waals surface area contributed by atoms with Gasteiger partial charge in [-0.3, -0.25) is 4.79 Å². The van der Waals surface area contributed by atoms with E-state index in [1.807, 2.05) is 0 Å². The molecule has 1 N–H and O–H groups in total. The van der Waals surface area contributed by atoms with Gasteiger partial charge < -0.3 is 9.73 Å². The third kappa shape index (κ3) is 4.66. The minimum Gasteiger partial charge on any atom is -0.431 e. The largest absolute Gasteiger partial charge is 0.431 e. The minimum atomic E-state index is -0.0738. The lowest BCUT2D eigenvalue weighted by Gasteiger charge is -2.20. The van der Waals surface area contributed by atoms with Crippen molar-refractivity contribution in [1.82, 2.24) is 4.98 Å². The highest BCUT2D eigenvalue weighted by Gasteiger charge is 2.17. The fourth-order valence-corrected chi connectivity index (χ4v) is 3.74. The van der Waals surface area contributed by atoms with Crippen molar-refractivity contribution in [2.45, 2.75) is 44.8 Å². The maximum absolute atomic E-state index is 12.6. The second kappa shape index (κ2) is 8.36. The van der Waals surface area contributed by atoms with Gasteiger partial charge in [-0.15, -0.1) is 0 Å². The highest BCUT2D eigenvalue weighted by atomic mass is 35.5. The van der Waals surface area contributed by atoms with Crippen LogP contribution in [0.5, 0.6) is 0 Å². The Balaban J connectivity index is 1.73. The first kappa shape index (κ1) is 19.8. The summed E-state index contributed by atoms with van der Waals surface area (Å²) in [5.74, 6) is 0.807. The maximum Gasteiger partial charge on any atom is 0.257 e. The number of benzene rings is 2. The van der Waals surface area contributed by atoms with Crippen molar-refractivity contribution < 1.29 is 9.21 Å². The summed E-state index contributed by atoms with van der Waals surface area (Å²) in [6.45, 7) is 8.53. The molecule has 3 aromatic rings. The third-order valence-corrected chi connectivity index (χ3v) is 5.36. The van der Waals surface area contributed by atoms with Gasteiger partial charge in [-0.1, -0.05) is 69.3 Å². The smallest absolute Gasteiger partial charge is 0.257 e. The van der Waals surface area contributed by atoms with Crippen LogP contribution in [0.3, 0.4) is 0 Å². The number of amides is 1. The number of para-hydroxylation sites is 1. The number of nitrogens with zero attached hydrogens (tertiary/aromatic N) is 1. The molecule has 142 valence electrons. The van der Waals surface area contributed by atoms with Gasteiger partial charge in [0, 0.05) is 16.8 Å². The third-order valence-electron chi connectivity index (χ3n) is 4.29. The van der Waals surface area contributed by atoms with Gasteiger partial charge >= 0.3 is 0 Å². The molecule has 6 heteroatoms. The van der Waals surface area contributed by atoms with Crippen LogP contribution >= 0.6 is 23.4 Å². The van der Waals surface area contributed by atoms with E-state index in [0.717, 1.165) is 22.3 Å². The van der Waals surface area contributed by atoms with Crippen molar-refractivity contribution >= 4 is 46.1 Å². The zero-order valence-electron chi connectivity index (χ0n) is 15.9. The predicted molar refractivity (Wildman–Crippen MR) is 113 cm³/mol. The zero-order chi connectivity index (χ0) is 19.6. The summed E-state index contributed by atoms with van der Waals surface area (Å²) >= 11 is 7.24. The Morgan fingerprint density at radius 3 is 2.44 bits per heavy atom. The first-order chi connectivity index (χ1) is 12.8. The van der Waals surface area contributed by atoms with Gasteiger partial charge in [0.15, 0.2) is 5.58 Å². The second-order valence-corrected chi connectivity index (χ2v) is 8.41. The van der Waals surface area contributed by atoms with Gasteiger partial charge in [-0.05, 0) is 35.1 Å². The van der Waals surface area contributed by atoms with E-state index in [0.29, 0.717) is 27.7 Å². The van der Waals surface area contributed by atoms with Crippen molar-refractivity contribution in [1.29, 1.82) is 0 Å². The van der Waals surface area contributed by atoms with E-state index in [1.165, 1.54) is 11.8 Å². The average molecular weight is 403 g/mol. The summed E-state index contributed by atoms with van der Waals surface area (Å²) < 4.78 is 5.66. The average Bonchev–Trinajstić information content (AvgIpc) is 3.01. The fourth-order valence-electron chi connectivity index (χ4n) is 2.94. The van der Waals surface area contributed by atoms with Crippen LogP contribution in [0.15, 0.2) is 46.0 Å². The summed E-state index contributed by atoms with van der Waals surface area (Å²) in [6, 6.07) is 11.5. The number of anilines is 1. The van der Waals surface area contributed by atoms with E-state index < -0.39 is 0 Å². The summed E-state index contributed by atoms with van der Waals surface area (Å²) in [4.78, 5) is 17.0. The Labute approximate surface area is 168 Å². The van der Waals surface area contributed by atoms with Gasteiger partial charge in [-0.2, -0.15) is 0 Å². The summed E-state index contributed by atoms with van der Waals surface area (Å²) in [7, 11) is 0. The Morgan fingerprint density at radius 1 is 1.15 bits per heavy atom. The molecular weight excluding hydrogens is 380 g/mol. The number of hydrogen-bond acceptors (Lipinski definition) is 4. The van der Waals surface area contributed by atoms with Crippen LogP contribution in [0.4, 0.5) is 5.69 Å². The lowest BCUT2D eigenvalue weighted by Crippen LogP contribution is -2.17. The molecule has 1 heterocycles. The van der Waals surface area contributed by atoms with Crippen LogP contribution < -0.4 is 5.32 Å². The van der Waals surface area contributed by atoms with Crippen LogP contribution in [0.1, 0.15) is 50.7 Å². The van der Waals surface area contributed by atoms with Gasteiger partial charge in [0.2, 0.25) is 5.91 Å². The van der Waals surface area contributed by atoms with E-state index in [-0.39, 0.29) is 11.7 Å². The molecule has 0 fully saturated rings. The molecule has 0 saturated carbocycles. The SMILES string of the molecule is CC(C)c1cccc(C(C)C)c1NC(=O)CSc1nc2ccc(Cl)cc2o1. The molecule has 3 rings (SSSR count). The highest BCUT2D eigenvalue weighted by Crippen LogP contribution is 2.33. The molecule has 0 atom stereocenters. The summed E-state index contributed by atoms with van der Waals surface area (Å²) in [5, 5.41) is 4.16. The van der Waals surface area contributed by atoms with E-state index in [1.54, 1.807) is 18.2 Å². The lowest BCUT2D eigenvalue weighted by molar-refractivity contribution is -0.113. The number of oxazole rings is 1. The van der Waals surface area contributed by atoms with E-state index >= 15 is 0 Å². The van der Waals surface area contributed by atoms with Crippen LogP contribution in [0.25, 0.3) is 11.1 Å². The minimum absolute atomic E-state index is 0.0738. The molecule has 0 spiro atoms. The van der Waals surface area contributed by atoms with Gasteiger partial charge in [-0.25, -0.2) is 4.98 Å². The number of carbonyl (C=O) groups is 1. The monoisotopic (exact) mass is 402 g/mol. The molecule has 0 aliphatic heterocycles. The molecule has 0 radical (unpaired) electrons. The molecule has 1 amide bonds. The van der Waals surface area contributed by atoms with Crippen LogP contribution in [-0.4, -0.2) is 16.6 Å². The Morgan fingerprint density at radius 2 is 1.81 bits per heavy atom. The Bertz CT molecular complexity index is 940. The maximum atomic E-state index is 12.6. The number of carbonyl (C=O) groups excluding carboxylic acids is 1. The zero-order valence-corrected chi connectivity index (χ0v) is 17.4. The fraction of sp³-hybridized carbons (Fsp3) is 0.333. The van der Waals surface area contributed by atoms with Gasteiger partial charge in [0.05, 0.1) is 5.75 Å². The first-order valence-electron chi connectivity index (χ1n) is 8.96. The lowest BCUT2D eigenvalue weighted by atomic mass is 9.92. The molecule has 0 bridgehead atoms.